The van der Waals surface area contributed by atoms with E-state index in [1.165, 1.54) is 10.4 Å². The number of carbonyl (C=O) groups excluding carboxylic acids is 2. The molecule has 8 heteroatoms. The summed E-state index contributed by atoms with van der Waals surface area (Å²) in [5.74, 6) is -0.124. The molecular formula is C25H31N3O4S. The van der Waals surface area contributed by atoms with Crippen LogP contribution in [0, 0.1) is 12.8 Å². The van der Waals surface area contributed by atoms with Crippen molar-refractivity contribution in [3.63, 3.8) is 0 Å². The molecule has 1 unspecified atom stereocenters. The van der Waals surface area contributed by atoms with E-state index in [0.29, 0.717) is 18.7 Å². The van der Waals surface area contributed by atoms with Crippen LogP contribution in [-0.2, 0) is 14.8 Å². The van der Waals surface area contributed by atoms with Crippen LogP contribution < -0.4 is 10.6 Å². The number of hydrogen-bond acceptors (Lipinski definition) is 4. The first kappa shape index (κ1) is 23.4. The lowest BCUT2D eigenvalue weighted by Crippen LogP contribution is -2.35. The maximum absolute atomic E-state index is 13.0. The third-order valence-electron chi connectivity index (χ3n) is 6.38. The minimum atomic E-state index is -3.61. The summed E-state index contributed by atoms with van der Waals surface area (Å²) < 4.78 is 27.6. The van der Waals surface area contributed by atoms with Crippen LogP contribution in [0.2, 0.25) is 0 Å². The largest absolute Gasteiger partial charge is 0.346 e. The lowest BCUT2D eigenvalue weighted by Gasteiger charge is -2.26. The summed E-state index contributed by atoms with van der Waals surface area (Å²) >= 11 is 0. The normalized spacial score (nSPS) is 17.9. The highest BCUT2D eigenvalue weighted by Gasteiger charge is 2.30. The van der Waals surface area contributed by atoms with E-state index in [1.807, 2.05) is 31.2 Å². The molecule has 0 radical (unpaired) electrons. The Balaban J connectivity index is 1.45. The van der Waals surface area contributed by atoms with Crippen molar-refractivity contribution in [1.82, 2.24) is 9.62 Å². The Bertz CT molecular complexity index is 1130. The number of anilines is 1. The van der Waals surface area contributed by atoms with Gasteiger partial charge in [0.1, 0.15) is 0 Å². The van der Waals surface area contributed by atoms with E-state index < -0.39 is 10.0 Å². The fourth-order valence-corrected chi connectivity index (χ4v) is 5.61. The van der Waals surface area contributed by atoms with Crippen LogP contribution >= 0.6 is 0 Å². The molecule has 2 aromatic carbocycles. The monoisotopic (exact) mass is 469 g/mol. The van der Waals surface area contributed by atoms with Crippen molar-refractivity contribution in [2.75, 3.05) is 18.4 Å². The molecule has 1 saturated heterocycles. The van der Waals surface area contributed by atoms with Gasteiger partial charge in [0.2, 0.25) is 15.9 Å². The van der Waals surface area contributed by atoms with Crippen LogP contribution in [0.4, 0.5) is 5.69 Å². The number of aryl methyl sites for hydroxylation is 1. The van der Waals surface area contributed by atoms with E-state index in [4.69, 9.17) is 0 Å². The molecule has 2 N–H and O–H groups in total. The average Bonchev–Trinajstić information content (AvgIpc) is 3.66. The molecule has 0 aromatic heterocycles. The van der Waals surface area contributed by atoms with Crippen LogP contribution in [0.1, 0.15) is 66.6 Å². The van der Waals surface area contributed by atoms with Crippen molar-refractivity contribution >= 4 is 27.5 Å². The third kappa shape index (κ3) is 5.45. The molecule has 4 rings (SSSR count). The number of piperidine rings is 1. The van der Waals surface area contributed by atoms with Gasteiger partial charge in [-0.25, -0.2) is 8.42 Å². The molecule has 7 nitrogen and oxygen atoms in total. The van der Waals surface area contributed by atoms with E-state index >= 15 is 0 Å². The fourth-order valence-electron chi connectivity index (χ4n) is 4.06. The lowest BCUT2D eigenvalue weighted by molar-refractivity contribution is -0.117. The van der Waals surface area contributed by atoms with E-state index in [9.17, 15) is 18.0 Å². The molecule has 1 heterocycles. The second-order valence-corrected chi connectivity index (χ2v) is 11.0. The standard InChI is InChI=1S/C25H31N3O4S/c1-17-6-13-22(33(31,32)28-14-4-3-5-15-28)16-23(17)25(30)26-18(2)19-9-11-21(12-10-19)27-24(29)20-7-8-20/h6,9-13,16,18,20H,3-5,7-8,14-15H2,1-2H3,(H,26,30)(H,27,29). The smallest absolute Gasteiger partial charge is 0.252 e. The number of hydrogen-bond donors (Lipinski definition) is 2. The van der Waals surface area contributed by atoms with Crippen molar-refractivity contribution in [2.24, 2.45) is 5.92 Å². The molecule has 176 valence electrons. The zero-order valence-corrected chi connectivity index (χ0v) is 20.0. The quantitative estimate of drug-likeness (QED) is 0.640. The van der Waals surface area contributed by atoms with Gasteiger partial charge < -0.3 is 10.6 Å². The van der Waals surface area contributed by atoms with Gasteiger partial charge in [0.15, 0.2) is 0 Å². The summed E-state index contributed by atoms with van der Waals surface area (Å²) in [6.07, 6.45) is 4.66. The molecule has 1 aliphatic heterocycles. The number of carbonyl (C=O) groups is 2. The van der Waals surface area contributed by atoms with Crippen LogP contribution in [0.15, 0.2) is 47.4 Å². The first-order valence-corrected chi connectivity index (χ1v) is 13.0. The van der Waals surface area contributed by atoms with Gasteiger partial charge in [0, 0.05) is 30.3 Å². The SMILES string of the molecule is Cc1ccc(S(=O)(=O)N2CCCCC2)cc1C(=O)NC(C)c1ccc(NC(=O)C2CC2)cc1. The van der Waals surface area contributed by atoms with Crippen LogP contribution in [-0.4, -0.2) is 37.6 Å². The first-order chi connectivity index (χ1) is 15.8. The number of benzene rings is 2. The van der Waals surface area contributed by atoms with Gasteiger partial charge in [-0.15, -0.1) is 0 Å². The summed E-state index contributed by atoms with van der Waals surface area (Å²) in [6, 6.07) is 11.9. The topological polar surface area (TPSA) is 95.6 Å². The predicted octanol–water partition coefficient (Wildman–Crippen LogP) is 4.01. The number of nitrogens with one attached hydrogen (secondary N) is 2. The molecule has 33 heavy (non-hydrogen) atoms. The van der Waals surface area contributed by atoms with Gasteiger partial charge in [-0.2, -0.15) is 4.31 Å². The van der Waals surface area contributed by atoms with Crippen molar-refractivity contribution < 1.29 is 18.0 Å². The Hall–Kier alpha value is -2.71. The van der Waals surface area contributed by atoms with Crippen LogP contribution in [0.25, 0.3) is 0 Å². The Morgan fingerprint density at radius 3 is 2.30 bits per heavy atom. The Morgan fingerprint density at radius 2 is 1.67 bits per heavy atom. The zero-order chi connectivity index (χ0) is 23.6. The lowest BCUT2D eigenvalue weighted by atomic mass is 10.1. The van der Waals surface area contributed by atoms with Crippen molar-refractivity contribution in [3.8, 4) is 0 Å². The van der Waals surface area contributed by atoms with Gasteiger partial charge in [0.25, 0.3) is 5.91 Å². The molecule has 1 atom stereocenters. The van der Waals surface area contributed by atoms with E-state index in [-0.39, 0.29) is 28.7 Å². The molecule has 0 bridgehead atoms. The van der Waals surface area contributed by atoms with Gasteiger partial charge >= 0.3 is 0 Å². The predicted molar refractivity (Wildman–Crippen MR) is 127 cm³/mol. The summed E-state index contributed by atoms with van der Waals surface area (Å²) in [5.41, 5.74) is 2.70. The van der Waals surface area contributed by atoms with Gasteiger partial charge in [-0.1, -0.05) is 24.6 Å². The highest BCUT2D eigenvalue weighted by Crippen LogP contribution is 2.30. The van der Waals surface area contributed by atoms with Gasteiger partial charge in [0.05, 0.1) is 10.9 Å². The minimum Gasteiger partial charge on any atom is -0.346 e. The molecule has 2 amide bonds. The summed E-state index contributed by atoms with van der Waals surface area (Å²) in [4.78, 5) is 25.1. The number of sulfonamides is 1. The maximum Gasteiger partial charge on any atom is 0.252 e. The zero-order valence-electron chi connectivity index (χ0n) is 19.1. The van der Waals surface area contributed by atoms with Crippen LogP contribution in [0.5, 0.6) is 0 Å². The first-order valence-electron chi connectivity index (χ1n) is 11.6. The van der Waals surface area contributed by atoms with Crippen LogP contribution in [0.3, 0.4) is 0 Å². The molecule has 2 fully saturated rings. The number of nitrogens with zero attached hydrogens (tertiary/aromatic N) is 1. The average molecular weight is 470 g/mol. The van der Waals surface area contributed by atoms with Crippen molar-refractivity contribution in [3.05, 3.63) is 59.2 Å². The molecule has 2 aromatic rings. The highest BCUT2D eigenvalue weighted by atomic mass is 32.2. The molecule has 1 aliphatic carbocycles. The van der Waals surface area contributed by atoms with Crippen molar-refractivity contribution in [1.29, 1.82) is 0 Å². The summed E-state index contributed by atoms with van der Waals surface area (Å²) in [5, 5.41) is 5.87. The second-order valence-electron chi connectivity index (χ2n) is 9.02. The van der Waals surface area contributed by atoms with E-state index in [2.05, 4.69) is 10.6 Å². The fraction of sp³-hybridized carbons (Fsp3) is 0.440. The van der Waals surface area contributed by atoms with E-state index in [0.717, 1.165) is 48.9 Å². The molecule has 1 saturated carbocycles. The summed E-state index contributed by atoms with van der Waals surface area (Å²) in [6.45, 7) is 4.71. The van der Waals surface area contributed by atoms with Gasteiger partial charge in [-0.05, 0) is 74.9 Å². The number of amides is 2. The Labute approximate surface area is 195 Å². The van der Waals surface area contributed by atoms with Gasteiger partial charge in [-0.3, -0.25) is 9.59 Å². The second kappa shape index (κ2) is 9.65. The van der Waals surface area contributed by atoms with E-state index in [1.54, 1.807) is 19.1 Å². The summed E-state index contributed by atoms with van der Waals surface area (Å²) in [7, 11) is -3.61. The maximum atomic E-state index is 13.0. The number of rotatable bonds is 7. The minimum absolute atomic E-state index is 0.0546. The molecule has 0 spiro atoms. The molecule has 2 aliphatic rings. The Morgan fingerprint density at radius 1 is 1.00 bits per heavy atom. The van der Waals surface area contributed by atoms with Crippen molar-refractivity contribution in [2.45, 2.75) is 56.9 Å². The molecular weight excluding hydrogens is 438 g/mol. The Kier molecular flexibility index (Phi) is 6.86. The third-order valence-corrected chi connectivity index (χ3v) is 8.28. The highest BCUT2D eigenvalue weighted by molar-refractivity contribution is 7.89.